The second-order valence-corrected chi connectivity index (χ2v) is 7.08. The number of hydrogen-bond acceptors (Lipinski definition) is 8. The molecule has 0 unspecified atom stereocenters. The van der Waals surface area contributed by atoms with Crippen LogP contribution in [0.2, 0.25) is 0 Å². The molecule has 9 nitrogen and oxygen atoms in total. The molecule has 31 heavy (non-hydrogen) atoms. The summed E-state index contributed by atoms with van der Waals surface area (Å²) in [5, 5.41) is 12.3. The number of ether oxygens (including phenoxy) is 1. The lowest BCUT2D eigenvalue weighted by atomic mass is 9.95. The lowest BCUT2D eigenvalue weighted by Crippen LogP contribution is -2.38. The summed E-state index contributed by atoms with van der Waals surface area (Å²) in [6.45, 7) is 1.09. The first-order chi connectivity index (χ1) is 15.1. The number of nitriles is 1. The molecular formula is C22H20N4O5. The average molecular weight is 420 g/mol. The van der Waals surface area contributed by atoms with Gasteiger partial charge in [-0.25, -0.2) is 4.79 Å². The smallest absolute Gasteiger partial charge is 0.337 e. The third-order valence-corrected chi connectivity index (χ3v) is 5.15. The van der Waals surface area contributed by atoms with Gasteiger partial charge in [-0.15, -0.1) is 0 Å². The van der Waals surface area contributed by atoms with Crippen molar-refractivity contribution in [2.75, 3.05) is 30.4 Å². The highest BCUT2D eigenvalue weighted by Crippen LogP contribution is 2.31. The van der Waals surface area contributed by atoms with Gasteiger partial charge in [0, 0.05) is 24.7 Å². The van der Waals surface area contributed by atoms with Gasteiger partial charge in [0.2, 0.25) is 17.5 Å². The van der Waals surface area contributed by atoms with Gasteiger partial charge < -0.3 is 23.8 Å². The van der Waals surface area contributed by atoms with Crippen LogP contribution >= 0.6 is 0 Å². The molecule has 4 rings (SSSR count). The number of furan rings is 1. The predicted molar refractivity (Wildman–Crippen MR) is 110 cm³/mol. The minimum absolute atomic E-state index is 0.115. The molecule has 0 atom stereocenters. The standard InChI is InChI=1S/C22H20N4O5/c1-29-22(28)15-4-2-5-16(12-15)24-19(27)14-7-9-26(10-8-14)21-17(13-23)25-20(31-21)18-6-3-11-30-18/h2-6,11-12,14H,7-10H2,1H3,(H,24,27). The molecule has 1 N–H and O–H groups in total. The van der Waals surface area contributed by atoms with Gasteiger partial charge in [0.15, 0.2) is 5.76 Å². The number of methoxy groups -OCH3 is 1. The Morgan fingerprint density at radius 1 is 1.26 bits per heavy atom. The summed E-state index contributed by atoms with van der Waals surface area (Å²) in [4.78, 5) is 30.5. The van der Waals surface area contributed by atoms with E-state index in [-0.39, 0.29) is 23.4 Å². The number of oxazole rings is 1. The Morgan fingerprint density at radius 2 is 2.06 bits per heavy atom. The minimum atomic E-state index is -0.460. The molecule has 0 spiro atoms. The van der Waals surface area contributed by atoms with Crippen LogP contribution in [0, 0.1) is 17.2 Å². The van der Waals surface area contributed by atoms with Crippen LogP contribution in [0.4, 0.5) is 11.6 Å². The van der Waals surface area contributed by atoms with E-state index >= 15 is 0 Å². The molecule has 0 bridgehead atoms. The van der Waals surface area contributed by atoms with E-state index in [4.69, 9.17) is 13.6 Å². The highest BCUT2D eigenvalue weighted by Gasteiger charge is 2.29. The van der Waals surface area contributed by atoms with Crippen LogP contribution in [-0.2, 0) is 9.53 Å². The van der Waals surface area contributed by atoms with Crippen molar-refractivity contribution >= 4 is 23.4 Å². The Hall–Kier alpha value is -4.06. The summed E-state index contributed by atoms with van der Waals surface area (Å²) in [6.07, 6.45) is 2.69. The van der Waals surface area contributed by atoms with Gasteiger partial charge in [-0.1, -0.05) is 6.07 Å². The number of esters is 1. The molecule has 0 radical (unpaired) electrons. The Kier molecular flexibility index (Phi) is 5.71. The van der Waals surface area contributed by atoms with Crippen LogP contribution in [0.1, 0.15) is 28.9 Å². The van der Waals surface area contributed by atoms with E-state index in [2.05, 4.69) is 16.4 Å². The Bertz CT molecular complexity index is 1120. The Labute approximate surface area is 178 Å². The zero-order valence-electron chi connectivity index (χ0n) is 16.8. The lowest BCUT2D eigenvalue weighted by molar-refractivity contribution is -0.120. The number of anilines is 2. The quantitative estimate of drug-likeness (QED) is 0.623. The maximum atomic E-state index is 12.7. The molecule has 3 aromatic rings. The van der Waals surface area contributed by atoms with Gasteiger partial charge in [-0.2, -0.15) is 10.2 Å². The molecule has 9 heteroatoms. The van der Waals surface area contributed by atoms with E-state index in [1.54, 1.807) is 36.4 Å². The molecule has 2 aromatic heterocycles. The Morgan fingerprint density at radius 3 is 2.74 bits per heavy atom. The van der Waals surface area contributed by atoms with Crippen molar-refractivity contribution in [1.82, 2.24) is 4.98 Å². The van der Waals surface area contributed by atoms with Gasteiger partial charge in [-0.3, -0.25) is 4.79 Å². The minimum Gasteiger partial charge on any atom is -0.465 e. The number of rotatable bonds is 5. The first-order valence-electron chi connectivity index (χ1n) is 9.78. The first kappa shape index (κ1) is 20.2. The van der Waals surface area contributed by atoms with Gasteiger partial charge in [0.1, 0.15) is 6.07 Å². The molecule has 0 aliphatic carbocycles. The van der Waals surface area contributed by atoms with Gasteiger partial charge >= 0.3 is 5.97 Å². The van der Waals surface area contributed by atoms with E-state index < -0.39 is 5.97 Å². The first-order valence-corrected chi connectivity index (χ1v) is 9.78. The van der Waals surface area contributed by atoms with Crippen molar-refractivity contribution in [2.24, 2.45) is 5.92 Å². The fraction of sp³-hybridized carbons (Fsp3) is 0.273. The van der Waals surface area contributed by atoms with E-state index in [9.17, 15) is 14.9 Å². The van der Waals surface area contributed by atoms with Gasteiger partial charge in [-0.05, 0) is 43.2 Å². The number of nitrogens with one attached hydrogen (secondary N) is 1. The summed E-state index contributed by atoms with van der Waals surface area (Å²) in [7, 11) is 1.31. The molecule has 1 amide bonds. The number of amides is 1. The van der Waals surface area contributed by atoms with Gasteiger partial charge in [0.05, 0.1) is 18.9 Å². The zero-order valence-corrected chi connectivity index (χ0v) is 16.8. The number of carbonyl (C=O) groups excluding carboxylic acids is 2. The van der Waals surface area contributed by atoms with E-state index in [1.807, 2.05) is 4.90 Å². The maximum Gasteiger partial charge on any atom is 0.337 e. The van der Waals surface area contributed by atoms with E-state index in [0.29, 0.717) is 48.8 Å². The van der Waals surface area contributed by atoms with Crippen LogP contribution in [-0.4, -0.2) is 37.1 Å². The van der Waals surface area contributed by atoms with Crippen molar-refractivity contribution < 1.29 is 23.2 Å². The molecule has 1 fully saturated rings. The highest BCUT2D eigenvalue weighted by atomic mass is 16.5. The van der Waals surface area contributed by atoms with Crippen molar-refractivity contribution in [3.05, 3.63) is 53.9 Å². The van der Waals surface area contributed by atoms with Crippen LogP contribution < -0.4 is 10.2 Å². The number of piperidine rings is 1. The predicted octanol–water partition coefficient (Wildman–Crippen LogP) is 3.45. The van der Waals surface area contributed by atoms with Crippen LogP contribution in [0.25, 0.3) is 11.7 Å². The summed E-state index contributed by atoms with van der Waals surface area (Å²) in [6, 6.07) is 12.1. The van der Waals surface area contributed by atoms with Crippen molar-refractivity contribution in [1.29, 1.82) is 5.26 Å². The van der Waals surface area contributed by atoms with Crippen molar-refractivity contribution in [2.45, 2.75) is 12.8 Å². The fourth-order valence-electron chi connectivity index (χ4n) is 3.54. The van der Waals surface area contributed by atoms with Crippen LogP contribution in [0.15, 0.2) is 51.5 Å². The van der Waals surface area contributed by atoms with Gasteiger partial charge in [0.25, 0.3) is 5.89 Å². The molecule has 1 aliphatic rings. The number of aromatic nitrogens is 1. The molecule has 3 heterocycles. The number of benzene rings is 1. The Balaban J connectivity index is 1.39. The molecule has 0 saturated carbocycles. The van der Waals surface area contributed by atoms with Crippen LogP contribution in [0.3, 0.4) is 0 Å². The third kappa shape index (κ3) is 4.28. The zero-order chi connectivity index (χ0) is 21.8. The average Bonchev–Trinajstić information content (AvgIpc) is 3.48. The summed E-state index contributed by atoms with van der Waals surface area (Å²) in [5.41, 5.74) is 1.10. The summed E-state index contributed by atoms with van der Waals surface area (Å²) >= 11 is 0. The van der Waals surface area contributed by atoms with Crippen LogP contribution in [0.5, 0.6) is 0 Å². The SMILES string of the molecule is COC(=O)c1cccc(NC(=O)C2CCN(c3oc(-c4ccco4)nc3C#N)CC2)c1. The largest absolute Gasteiger partial charge is 0.465 e. The topological polar surface area (TPSA) is 122 Å². The summed E-state index contributed by atoms with van der Waals surface area (Å²) in [5.74, 6) is 0.317. The molecule has 1 aromatic carbocycles. The fourth-order valence-corrected chi connectivity index (χ4v) is 3.54. The van der Waals surface area contributed by atoms with E-state index in [1.165, 1.54) is 13.4 Å². The number of hydrogen-bond donors (Lipinski definition) is 1. The monoisotopic (exact) mass is 420 g/mol. The highest BCUT2D eigenvalue weighted by molar-refractivity contribution is 5.95. The normalized spacial score (nSPS) is 14.1. The number of carbonyl (C=O) groups is 2. The summed E-state index contributed by atoms with van der Waals surface area (Å²) < 4.78 is 15.8. The lowest BCUT2D eigenvalue weighted by Gasteiger charge is -2.31. The maximum absolute atomic E-state index is 12.7. The molecule has 158 valence electrons. The van der Waals surface area contributed by atoms with E-state index in [0.717, 1.165) is 0 Å². The molecular weight excluding hydrogens is 400 g/mol. The number of nitrogens with zero attached hydrogens (tertiary/aromatic N) is 3. The second-order valence-electron chi connectivity index (χ2n) is 7.08. The second kappa shape index (κ2) is 8.75. The van der Waals surface area contributed by atoms with Crippen molar-refractivity contribution in [3.63, 3.8) is 0 Å². The molecule has 1 saturated heterocycles. The molecule has 1 aliphatic heterocycles. The third-order valence-electron chi connectivity index (χ3n) is 5.15. The van der Waals surface area contributed by atoms with Crippen molar-refractivity contribution in [3.8, 4) is 17.7 Å².